The lowest BCUT2D eigenvalue weighted by atomic mass is 10.1. The second kappa shape index (κ2) is 5.40. The molecule has 1 atom stereocenters. The normalized spacial score (nSPS) is 12.0. The van der Waals surface area contributed by atoms with Gasteiger partial charge in [0.2, 0.25) is 0 Å². The summed E-state index contributed by atoms with van der Waals surface area (Å²) in [7, 11) is 0. The third kappa shape index (κ3) is 5.13. The van der Waals surface area contributed by atoms with Crippen molar-refractivity contribution in [3.63, 3.8) is 0 Å². The minimum absolute atomic E-state index is 0.293. The zero-order valence-corrected chi connectivity index (χ0v) is 5.51. The van der Waals surface area contributed by atoms with Crippen LogP contribution in [-0.4, -0.2) is 11.2 Å². The Hall–Kier alpha value is -0.740. The van der Waals surface area contributed by atoms with E-state index in [-0.39, 0.29) is 6.10 Å². The summed E-state index contributed by atoms with van der Waals surface area (Å²) in [4.78, 5) is 0. The van der Waals surface area contributed by atoms with Gasteiger partial charge in [-0.3, -0.25) is 0 Å². The molecule has 0 saturated carbocycles. The third-order valence-corrected chi connectivity index (χ3v) is 1.06. The molecule has 0 amide bonds. The van der Waals surface area contributed by atoms with E-state index in [2.05, 4.69) is 12.5 Å². The standard InChI is InChI=1S/C8H12O/c1-3-5-7-8(9)6-4-2/h1,4,8-9H,2,5-7H2. The minimum Gasteiger partial charge on any atom is -0.393 e. The van der Waals surface area contributed by atoms with Crippen molar-refractivity contribution in [2.75, 3.05) is 0 Å². The molecule has 0 saturated heterocycles. The predicted octanol–water partition coefficient (Wildman–Crippen LogP) is 1.34. The molecule has 0 fully saturated rings. The minimum atomic E-state index is -0.293. The van der Waals surface area contributed by atoms with Crippen LogP contribution in [0.25, 0.3) is 0 Å². The van der Waals surface area contributed by atoms with Crippen LogP contribution in [0.15, 0.2) is 12.7 Å². The molecule has 1 nitrogen and oxygen atoms in total. The fourth-order valence-electron chi connectivity index (χ4n) is 0.560. The van der Waals surface area contributed by atoms with Gasteiger partial charge in [-0.25, -0.2) is 0 Å². The quantitative estimate of drug-likeness (QED) is 0.443. The summed E-state index contributed by atoms with van der Waals surface area (Å²) in [6.45, 7) is 3.50. The van der Waals surface area contributed by atoms with Crippen molar-refractivity contribution in [3.05, 3.63) is 12.7 Å². The molecule has 0 aliphatic heterocycles. The summed E-state index contributed by atoms with van der Waals surface area (Å²) in [6.07, 6.45) is 8.36. The average molecular weight is 124 g/mol. The van der Waals surface area contributed by atoms with Gasteiger partial charge in [0.1, 0.15) is 0 Å². The summed E-state index contributed by atoms with van der Waals surface area (Å²) in [5.74, 6) is 2.46. The van der Waals surface area contributed by atoms with Crippen molar-refractivity contribution in [1.82, 2.24) is 0 Å². The smallest absolute Gasteiger partial charge is 0.0583 e. The predicted molar refractivity (Wildman–Crippen MR) is 38.9 cm³/mol. The number of aliphatic hydroxyl groups is 1. The van der Waals surface area contributed by atoms with E-state index in [9.17, 15) is 0 Å². The van der Waals surface area contributed by atoms with Crippen molar-refractivity contribution in [2.45, 2.75) is 25.4 Å². The molecule has 9 heavy (non-hydrogen) atoms. The van der Waals surface area contributed by atoms with E-state index in [1.54, 1.807) is 6.08 Å². The van der Waals surface area contributed by atoms with E-state index >= 15 is 0 Å². The van der Waals surface area contributed by atoms with Crippen LogP contribution in [0.5, 0.6) is 0 Å². The van der Waals surface area contributed by atoms with Crippen molar-refractivity contribution >= 4 is 0 Å². The molecular weight excluding hydrogens is 112 g/mol. The van der Waals surface area contributed by atoms with Crippen molar-refractivity contribution in [2.24, 2.45) is 0 Å². The van der Waals surface area contributed by atoms with E-state index in [0.717, 1.165) is 0 Å². The highest BCUT2D eigenvalue weighted by atomic mass is 16.3. The highest BCUT2D eigenvalue weighted by Crippen LogP contribution is 2.00. The second-order valence-corrected chi connectivity index (χ2v) is 1.92. The first-order valence-electron chi connectivity index (χ1n) is 3.03. The van der Waals surface area contributed by atoms with Crippen LogP contribution < -0.4 is 0 Å². The van der Waals surface area contributed by atoms with Crippen LogP contribution in [0.4, 0.5) is 0 Å². The molecule has 0 radical (unpaired) electrons. The molecule has 0 aromatic rings. The summed E-state index contributed by atoms with van der Waals surface area (Å²) in [6, 6.07) is 0. The molecule has 0 spiro atoms. The van der Waals surface area contributed by atoms with Crippen LogP contribution in [0, 0.1) is 12.3 Å². The van der Waals surface area contributed by atoms with Gasteiger partial charge in [-0.05, 0) is 12.8 Å². The lowest BCUT2D eigenvalue weighted by Gasteiger charge is -2.02. The first-order valence-corrected chi connectivity index (χ1v) is 3.03. The zero-order valence-electron chi connectivity index (χ0n) is 5.51. The summed E-state index contributed by atoms with van der Waals surface area (Å²) < 4.78 is 0. The molecule has 0 aromatic heterocycles. The van der Waals surface area contributed by atoms with Crippen LogP contribution in [-0.2, 0) is 0 Å². The van der Waals surface area contributed by atoms with E-state index < -0.39 is 0 Å². The van der Waals surface area contributed by atoms with Gasteiger partial charge >= 0.3 is 0 Å². The van der Waals surface area contributed by atoms with E-state index in [1.807, 2.05) is 0 Å². The maximum atomic E-state index is 9.01. The molecule has 0 bridgehead atoms. The van der Waals surface area contributed by atoms with Gasteiger partial charge < -0.3 is 5.11 Å². The van der Waals surface area contributed by atoms with E-state index in [1.165, 1.54) is 0 Å². The van der Waals surface area contributed by atoms with Gasteiger partial charge in [0.25, 0.3) is 0 Å². The second-order valence-electron chi connectivity index (χ2n) is 1.92. The summed E-state index contributed by atoms with van der Waals surface area (Å²) in [5.41, 5.74) is 0. The van der Waals surface area contributed by atoms with E-state index in [4.69, 9.17) is 11.5 Å². The van der Waals surface area contributed by atoms with Gasteiger partial charge in [-0.2, -0.15) is 0 Å². The van der Waals surface area contributed by atoms with Crippen molar-refractivity contribution in [3.8, 4) is 12.3 Å². The average Bonchev–Trinajstić information content (AvgIpc) is 1.85. The molecule has 50 valence electrons. The fourth-order valence-corrected chi connectivity index (χ4v) is 0.560. The lowest BCUT2D eigenvalue weighted by Crippen LogP contribution is -2.02. The van der Waals surface area contributed by atoms with Crippen LogP contribution in [0.1, 0.15) is 19.3 Å². The van der Waals surface area contributed by atoms with Crippen molar-refractivity contribution < 1.29 is 5.11 Å². The molecule has 0 aliphatic rings. The first kappa shape index (κ1) is 8.26. The van der Waals surface area contributed by atoms with Gasteiger partial charge in [0.05, 0.1) is 6.10 Å². The number of aliphatic hydroxyl groups excluding tert-OH is 1. The maximum absolute atomic E-state index is 9.01. The monoisotopic (exact) mass is 124 g/mol. The maximum Gasteiger partial charge on any atom is 0.0583 e. The molecule has 0 rings (SSSR count). The molecular formula is C8H12O. The molecule has 0 aromatic carbocycles. The number of rotatable bonds is 4. The highest BCUT2D eigenvalue weighted by molar-refractivity contribution is 4.85. The molecule has 1 N–H and O–H groups in total. The topological polar surface area (TPSA) is 20.2 Å². The Bertz CT molecular complexity index is 110. The highest BCUT2D eigenvalue weighted by Gasteiger charge is 1.97. The number of hydrogen-bond donors (Lipinski definition) is 1. The Morgan fingerprint density at radius 2 is 2.44 bits per heavy atom. The zero-order chi connectivity index (χ0) is 7.11. The lowest BCUT2D eigenvalue weighted by molar-refractivity contribution is 0.170. The summed E-state index contributed by atoms with van der Waals surface area (Å²) in [5, 5.41) is 9.01. The Balaban J connectivity index is 3.17. The third-order valence-electron chi connectivity index (χ3n) is 1.06. The van der Waals surface area contributed by atoms with Crippen molar-refractivity contribution in [1.29, 1.82) is 0 Å². The Labute approximate surface area is 56.4 Å². The fraction of sp³-hybridized carbons (Fsp3) is 0.500. The molecule has 1 unspecified atom stereocenters. The largest absolute Gasteiger partial charge is 0.393 e. The van der Waals surface area contributed by atoms with Gasteiger partial charge in [0, 0.05) is 6.42 Å². The van der Waals surface area contributed by atoms with Crippen LogP contribution >= 0.6 is 0 Å². The molecule has 0 aliphatic carbocycles. The van der Waals surface area contributed by atoms with E-state index in [0.29, 0.717) is 19.3 Å². The number of hydrogen-bond acceptors (Lipinski definition) is 1. The first-order chi connectivity index (χ1) is 4.31. The van der Waals surface area contributed by atoms with Crippen LogP contribution in [0.2, 0.25) is 0 Å². The van der Waals surface area contributed by atoms with Gasteiger partial charge in [-0.1, -0.05) is 6.08 Å². The Morgan fingerprint density at radius 3 is 2.89 bits per heavy atom. The Morgan fingerprint density at radius 1 is 1.78 bits per heavy atom. The van der Waals surface area contributed by atoms with Crippen LogP contribution in [0.3, 0.4) is 0 Å². The van der Waals surface area contributed by atoms with Gasteiger partial charge in [-0.15, -0.1) is 18.9 Å². The van der Waals surface area contributed by atoms with Gasteiger partial charge in [0.15, 0.2) is 0 Å². The Kier molecular flexibility index (Phi) is 4.95. The molecule has 1 heteroatoms. The number of terminal acetylenes is 1. The SMILES string of the molecule is C#CCCC(O)CC=C. The summed E-state index contributed by atoms with van der Waals surface area (Å²) >= 11 is 0. The molecule has 0 heterocycles.